The molecule has 1 aliphatic heterocycles. The topological polar surface area (TPSA) is 98.4 Å². The molecule has 1 aliphatic rings. The second-order valence-corrected chi connectivity index (χ2v) is 7.25. The molecule has 2 aromatic rings. The number of nitrogens with two attached hydrogens (primary N) is 1. The molecule has 8 heteroatoms. The summed E-state index contributed by atoms with van der Waals surface area (Å²) in [6.45, 7) is 0.818. The SMILES string of the molecule is Nc1nccnc1C1CN(S(=O)(=O)Cc2ccccc2)CCO1. The Bertz CT molecular complexity index is 767. The number of ether oxygens (including phenoxy) is 1. The summed E-state index contributed by atoms with van der Waals surface area (Å²) in [5.74, 6) is 0.232. The molecule has 0 amide bonds. The van der Waals surface area contributed by atoms with Gasteiger partial charge in [0.25, 0.3) is 0 Å². The van der Waals surface area contributed by atoms with Gasteiger partial charge in [-0.25, -0.2) is 13.4 Å². The maximum atomic E-state index is 12.6. The van der Waals surface area contributed by atoms with Gasteiger partial charge in [-0.2, -0.15) is 4.31 Å². The molecule has 7 nitrogen and oxygen atoms in total. The van der Waals surface area contributed by atoms with Crippen molar-refractivity contribution in [2.75, 3.05) is 25.4 Å². The zero-order valence-corrected chi connectivity index (χ0v) is 13.3. The molecule has 0 spiro atoms. The number of hydrogen-bond acceptors (Lipinski definition) is 6. The van der Waals surface area contributed by atoms with Crippen LogP contribution in [0.4, 0.5) is 5.82 Å². The second kappa shape index (κ2) is 6.61. The van der Waals surface area contributed by atoms with Crippen molar-refractivity contribution >= 4 is 15.8 Å². The fourth-order valence-corrected chi connectivity index (χ4v) is 4.04. The van der Waals surface area contributed by atoms with Gasteiger partial charge in [0.2, 0.25) is 10.0 Å². The van der Waals surface area contributed by atoms with Crippen molar-refractivity contribution in [3.05, 3.63) is 54.0 Å². The van der Waals surface area contributed by atoms with Crippen LogP contribution in [0.1, 0.15) is 17.4 Å². The van der Waals surface area contributed by atoms with Gasteiger partial charge in [0, 0.05) is 25.5 Å². The van der Waals surface area contributed by atoms with Gasteiger partial charge < -0.3 is 10.5 Å². The van der Waals surface area contributed by atoms with E-state index >= 15 is 0 Å². The Morgan fingerprint density at radius 2 is 1.96 bits per heavy atom. The molecule has 0 bridgehead atoms. The lowest BCUT2D eigenvalue weighted by atomic mass is 10.2. The number of nitrogen functional groups attached to an aromatic ring is 1. The van der Waals surface area contributed by atoms with Crippen molar-refractivity contribution in [2.45, 2.75) is 11.9 Å². The first-order chi connectivity index (χ1) is 11.1. The smallest absolute Gasteiger partial charge is 0.218 e. The van der Waals surface area contributed by atoms with E-state index in [1.807, 2.05) is 18.2 Å². The number of aromatic nitrogens is 2. The summed E-state index contributed by atoms with van der Waals surface area (Å²) in [5.41, 5.74) is 7.05. The lowest BCUT2D eigenvalue weighted by Crippen LogP contribution is -2.43. The van der Waals surface area contributed by atoms with Crippen LogP contribution in [0.25, 0.3) is 0 Å². The molecule has 0 radical (unpaired) electrons. The average Bonchev–Trinajstić information content (AvgIpc) is 2.56. The summed E-state index contributed by atoms with van der Waals surface area (Å²) < 4.78 is 32.3. The Morgan fingerprint density at radius 3 is 2.70 bits per heavy atom. The zero-order valence-electron chi connectivity index (χ0n) is 12.5. The highest BCUT2D eigenvalue weighted by Crippen LogP contribution is 2.26. The van der Waals surface area contributed by atoms with Crippen molar-refractivity contribution < 1.29 is 13.2 Å². The summed E-state index contributed by atoms with van der Waals surface area (Å²) in [6.07, 6.45) is 2.51. The molecule has 1 unspecified atom stereocenters. The maximum absolute atomic E-state index is 12.6. The van der Waals surface area contributed by atoms with Gasteiger partial charge in [-0.15, -0.1) is 0 Å². The fourth-order valence-electron chi connectivity index (χ4n) is 2.53. The van der Waals surface area contributed by atoms with Crippen molar-refractivity contribution in [3.63, 3.8) is 0 Å². The van der Waals surface area contributed by atoms with Crippen LogP contribution >= 0.6 is 0 Å². The van der Waals surface area contributed by atoms with E-state index in [0.717, 1.165) is 5.56 Å². The predicted octanol–water partition coefficient (Wildman–Crippen LogP) is 0.962. The number of benzene rings is 1. The zero-order chi connectivity index (χ0) is 16.3. The first kappa shape index (κ1) is 15.9. The third-order valence-corrected chi connectivity index (χ3v) is 5.49. The Kier molecular flexibility index (Phi) is 4.56. The lowest BCUT2D eigenvalue weighted by Gasteiger charge is -2.32. The Hall–Kier alpha value is -2.03. The van der Waals surface area contributed by atoms with Crippen molar-refractivity contribution in [2.24, 2.45) is 0 Å². The Morgan fingerprint density at radius 1 is 1.22 bits per heavy atom. The number of nitrogens with zero attached hydrogens (tertiary/aromatic N) is 3. The van der Waals surface area contributed by atoms with Crippen LogP contribution in [0.2, 0.25) is 0 Å². The third kappa shape index (κ3) is 3.66. The molecular formula is C15H18N4O3S. The molecule has 1 atom stereocenters. The van der Waals surface area contributed by atoms with Crippen LogP contribution in [-0.2, 0) is 20.5 Å². The number of hydrogen-bond donors (Lipinski definition) is 1. The van der Waals surface area contributed by atoms with Crippen LogP contribution in [-0.4, -0.2) is 42.4 Å². The van der Waals surface area contributed by atoms with E-state index in [1.54, 1.807) is 12.1 Å². The monoisotopic (exact) mass is 334 g/mol. The van der Waals surface area contributed by atoms with Gasteiger partial charge in [0.15, 0.2) is 0 Å². The van der Waals surface area contributed by atoms with E-state index in [2.05, 4.69) is 9.97 Å². The standard InChI is InChI=1S/C15H18N4O3S/c16-15-14(17-6-7-18-15)13-10-19(8-9-22-13)23(20,21)11-12-4-2-1-3-5-12/h1-7,13H,8-11H2,(H2,16,18). The molecule has 2 heterocycles. The number of rotatable bonds is 4. The van der Waals surface area contributed by atoms with Gasteiger partial charge in [-0.1, -0.05) is 30.3 Å². The van der Waals surface area contributed by atoms with E-state index in [-0.39, 0.29) is 18.1 Å². The van der Waals surface area contributed by atoms with E-state index in [4.69, 9.17) is 10.5 Å². The number of morpholine rings is 1. The Labute approximate surface area is 135 Å². The van der Waals surface area contributed by atoms with Crippen molar-refractivity contribution in [3.8, 4) is 0 Å². The van der Waals surface area contributed by atoms with Crippen LogP contribution in [0.3, 0.4) is 0 Å². The van der Waals surface area contributed by atoms with Gasteiger partial charge in [0.05, 0.1) is 12.4 Å². The normalized spacial score (nSPS) is 19.6. The minimum Gasteiger partial charge on any atom is -0.382 e. The van der Waals surface area contributed by atoms with Crippen LogP contribution < -0.4 is 5.73 Å². The van der Waals surface area contributed by atoms with E-state index < -0.39 is 16.1 Å². The van der Waals surface area contributed by atoms with Crippen LogP contribution in [0.5, 0.6) is 0 Å². The lowest BCUT2D eigenvalue weighted by molar-refractivity contribution is -0.00470. The van der Waals surface area contributed by atoms with E-state index in [0.29, 0.717) is 18.8 Å². The molecule has 1 fully saturated rings. The molecular weight excluding hydrogens is 316 g/mol. The molecule has 0 aliphatic carbocycles. The van der Waals surface area contributed by atoms with Gasteiger partial charge in [0.1, 0.15) is 17.6 Å². The van der Waals surface area contributed by atoms with E-state index in [9.17, 15) is 8.42 Å². The molecule has 1 aromatic heterocycles. The first-order valence-corrected chi connectivity index (χ1v) is 8.87. The van der Waals surface area contributed by atoms with Gasteiger partial charge in [-0.05, 0) is 5.56 Å². The summed E-state index contributed by atoms with van der Waals surface area (Å²) in [4.78, 5) is 8.15. The fraction of sp³-hybridized carbons (Fsp3) is 0.333. The summed E-state index contributed by atoms with van der Waals surface area (Å²) in [6, 6.07) is 9.12. The summed E-state index contributed by atoms with van der Waals surface area (Å²) in [5, 5.41) is 0. The average molecular weight is 334 g/mol. The minimum absolute atomic E-state index is 0.0312. The summed E-state index contributed by atoms with van der Waals surface area (Å²) >= 11 is 0. The quantitative estimate of drug-likeness (QED) is 0.894. The third-order valence-electron chi connectivity index (χ3n) is 3.68. The van der Waals surface area contributed by atoms with Gasteiger partial charge >= 0.3 is 0 Å². The first-order valence-electron chi connectivity index (χ1n) is 7.26. The highest BCUT2D eigenvalue weighted by molar-refractivity contribution is 7.88. The van der Waals surface area contributed by atoms with Gasteiger partial charge in [-0.3, -0.25) is 4.98 Å². The number of anilines is 1. The van der Waals surface area contributed by atoms with Crippen LogP contribution in [0, 0.1) is 0 Å². The molecule has 1 saturated heterocycles. The highest BCUT2D eigenvalue weighted by Gasteiger charge is 2.32. The second-order valence-electron chi connectivity index (χ2n) is 5.29. The summed E-state index contributed by atoms with van der Waals surface area (Å²) in [7, 11) is -3.43. The van der Waals surface area contributed by atoms with Crippen molar-refractivity contribution in [1.29, 1.82) is 0 Å². The highest BCUT2D eigenvalue weighted by atomic mass is 32.2. The molecule has 3 rings (SSSR count). The molecule has 122 valence electrons. The predicted molar refractivity (Wildman–Crippen MR) is 85.8 cm³/mol. The Balaban J connectivity index is 1.77. The van der Waals surface area contributed by atoms with Crippen molar-refractivity contribution in [1.82, 2.24) is 14.3 Å². The largest absolute Gasteiger partial charge is 0.382 e. The number of sulfonamides is 1. The minimum atomic E-state index is -3.43. The van der Waals surface area contributed by atoms with E-state index in [1.165, 1.54) is 16.7 Å². The molecule has 0 saturated carbocycles. The molecule has 1 aromatic carbocycles. The molecule has 2 N–H and O–H groups in total. The molecule has 23 heavy (non-hydrogen) atoms. The maximum Gasteiger partial charge on any atom is 0.218 e. The van der Waals surface area contributed by atoms with Crippen LogP contribution in [0.15, 0.2) is 42.7 Å².